The molecule has 0 radical (unpaired) electrons. The molecule has 3 rings (SSSR count). The van der Waals surface area contributed by atoms with E-state index >= 15 is 0 Å². The summed E-state index contributed by atoms with van der Waals surface area (Å²) >= 11 is 3.62. The topological polar surface area (TPSA) is 50.7 Å². The van der Waals surface area contributed by atoms with Crippen molar-refractivity contribution in [2.24, 2.45) is 0 Å². The smallest absolute Gasteiger partial charge is 0.175 e. The molecule has 0 saturated heterocycles. The molecule has 5 heteroatoms. The number of hydrogen-bond donors (Lipinski definition) is 2. The van der Waals surface area contributed by atoms with Gasteiger partial charge in [-0.1, -0.05) is 30.3 Å². The lowest BCUT2D eigenvalue weighted by Gasteiger charge is -2.26. The fourth-order valence-electron chi connectivity index (χ4n) is 3.29. The van der Waals surface area contributed by atoms with Crippen LogP contribution in [-0.4, -0.2) is 24.4 Å². The van der Waals surface area contributed by atoms with Crippen molar-refractivity contribution in [3.05, 3.63) is 58.1 Å². The minimum Gasteiger partial charge on any atom is -0.493 e. The van der Waals surface area contributed by atoms with Crippen LogP contribution >= 0.6 is 15.9 Å². The van der Waals surface area contributed by atoms with Gasteiger partial charge in [-0.2, -0.15) is 0 Å². The quantitative estimate of drug-likeness (QED) is 0.696. The second-order valence-corrected chi connectivity index (χ2v) is 7.62. The summed E-state index contributed by atoms with van der Waals surface area (Å²) in [5.74, 6) is 1.45. The lowest BCUT2D eigenvalue weighted by atomic mass is 9.93. The van der Waals surface area contributed by atoms with Crippen molar-refractivity contribution in [3.8, 4) is 11.5 Å². The highest BCUT2D eigenvalue weighted by atomic mass is 79.9. The van der Waals surface area contributed by atoms with Gasteiger partial charge in [-0.05, 0) is 64.9 Å². The van der Waals surface area contributed by atoms with Gasteiger partial charge in [0.25, 0.3) is 0 Å². The molecular weight excluding hydrogens is 394 g/mol. The summed E-state index contributed by atoms with van der Waals surface area (Å²) in [4.78, 5) is 0. The molecule has 1 fully saturated rings. The number of rotatable bonds is 7. The first-order chi connectivity index (χ1) is 12.7. The van der Waals surface area contributed by atoms with Gasteiger partial charge in [0.2, 0.25) is 0 Å². The van der Waals surface area contributed by atoms with Gasteiger partial charge in [0.1, 0.15) is 6.61 Å². The number of hydrogen-bond acceptors (Lipinski definition) is 4. The first-order valence-corrected chi connectivity index (χ1v) is 9.89. The SMILES string of the molecule is COc1cc(CNC2CCC(O)CC2)cc(Br)c1OCc1ccccc1. The number of aliphatic hydroxyl groups is 1. The fourth-order valence-corrected chi connectivity index (χ4v) is 3.89. The summed E-state index contributed by atoms with van der Waals surface area (Å²) < 4.78 is 12.4. The second kappa shape index (κ2) is 9.40. The number of halogens is 1. The standard InChI is InChI=1S/C21H26BrNO3/c1-25-20-12-16(13-23-17-7-9-18(24)10-8-17)11-19(22)21(20)26-14-15-5-3-2-4-6-15/h2-6,11-12,17-18,23-24H,7-10,13-14H2,1H3. The van der Waals surface area contributed by atoms with E-state index in [2.05, 4.69) is 27.3 Å². The molecule has 0 unspecified atom stereocenters. The molecule has 0 aromatic heterocycles. The minimum atomic E-state index is -0.122. The number of aliphatic hydroxyl groups excluding tert-OH is 1. The molecule has 2 aromatic carbocycles. The lowest BCUT2D eigenvalue weighted by molar-refractivity contribution is 0.116. The average Bonchev–Trinajstić information content (AvgIpc) is 2.67. The maximum absolute atomic E-state index is 9.62. The van der Waals surface area contributed by atoms with Crippen LogP contribution in [0.1, 0.15) is 36.8 Å². The lowest BCUT2D eigenvalue weighted by Crippen LogP contribution is -2.34. The Labute approximate surface area is 163 Å². The molecule has 0 heterocycles. The minimum absolute atomic E-state index is 0.122. The molecule has 1 aliphatic carbocycles. The molecule has 4 nitrogen and oxygen atoms in total. The van der Waals surface area contributed by atoms with Gasteiger partial charge >= 0.3 is 0 Å². The molecule has 1 aliphatic rings. The van der Waals surface area contributed by atoms with Gasteiger partial charge < -0.3 is 19.9 Å². The molecule has 26 heavy (non-hydrogen) atoms. The third kappa shape index (κ3) is 5.22. The van der Waals surface area contributed by atoms with Crippen LogP contribution < -0.4 is 14.8 Å². The molecule has 0 spiro atoms. The Bertz CT molecular complexity index is 700. The third-order valence-electron chi connectivity index (χ3n) is 4.81. The molecule has 0 aliphatic heterocycles. The predicted molar refractivity (Wildman–Crippen MR) is 107 cm³/mol. The van der Waals surface area contributed by atoms with Crippen molar-refractivity contribution in [2.75, 3.05) is 7.11 Å². The van der Waals surface area contributed by atoms with Crippen LogP contribution in [0.4, 0.5) is 0 Å². The average molecular weight is 420 g/mol. The molecule has 0 atom stereocenters. The van der Waals surface area contributed by atoms with Crippen LogP contribution in [-0.2, 0) is 13.2 Å². The summed E-state index contributed by atoms with van der Waals surface area (Å²) in [6.45, 7) is 1.27. The maximum Gasteiger partial charge on any atom is 0.175 e. The van der Waals surface area contributed by atoms with E-state index in [9.17, 15) is 5.11 Å². The monoisotopic (exact) mass is 419 g/mol. The highest BCUT2D eigenvalue weighted by Crippen LogP contribution is 2.37. The second-order valence-electron chi connectivity index (χ2n) is 6.77. The number of nitrogens with one attached hydrogen (secondary N) is 1. The molecular formula is C21H26BrNO3. The van der Waals surface area contributed by atoms with Crippen LogP contribution in [0.2, 0.25) is 0 Å². The highest BCUT2D eigenvalue weighted by Gasteiger charge is 2.19. The summed E-state index contributed by atoms with van der Waals surface area (Å²) in [5.41, 5.74) is 2.26. The van der Waals surface area contributed by atoms with Crippen LogP contribution in [0.3, 0.4) is 0 Å². The first kappa shape index (κ1) is 19.2. The first-order valence-electron chi connectivity index (χ1n) is 9.10. The zero-order chi connectivity index (χ0) is 18.4. The van der Waals surface area contributed by atoms with Crippen LogP contribution in [0.25, 0.3) is 0 Å². The van der Waals surface area contributed by atoms with Gasteiger partial charge in [0.05, 0.1) is 17.7 Å². The maximum atomic E-state index is 9.62. The Kier molecular flexibility index (Phi) is 6.94. The van der Waals surface area contributed by atoms with E-state index in [-0.39, 0.29) is 6.10 Å². The van der Waals surface area contributed by atoms with Gasteiger partial charge in [-0.25, -0.2) is 0 Å². The largest absolute Gasteiger partial charge is 0.493 e. The predicted octanol–water partition coefficient (Wildman–Crippen LogP) is 4.43. The number of benzene rings is 2. The molecule has 2 N–H and O–H groups in total. The van der Waals surface area contributed by atoms with E-state index < -0.39 is 0 Å². The van der Waals surface area contributed by atoms with E-state index in [4.69, 9.17) is 9.47 Å². The van der Waals surface area contributed by atoms with E-state index in [1.54, 1.807) is 7.11 Å². The summed E-state index contributed by atoms with van der Waals surface area (Å²) in [6.07, 6.45) is 3.70. The van der Waals surface area contributed by atoms with E-state index in [0.717, 1.165) is 59.3 Å². The molecule has 0 bridgehead atoms. The van der Waals surface area contributed by atoms with Crippen molar-refractivity contribution in [1.29, 1.82) is 0 Å². The van der Waals surface area contributed by atoms with Crippen molar-refractivity contribution in [3.63, 3.8) is 0 Å². The Morgan fingerprint density at radius 3 is 2.50 bits per heavy atom. The Morgan fingerprint density at radius 1 is 1.08 bits per heavy atom. The molecule has 1 saturated carbocycles. The highest BCUT2D eigenvalue weighted by molar-refractivity contribution is 9.10. The van der Waals surface area contributed by atoms with E-state index in [1.807, 2.05) is 36.4 Å². The normalized spacial score (nSPS) is 20.0. The Morgan fingerprint density at radius 2 is 1.81 bits per heavy atom. The van der Waals surface area contributed by atoms with E-state index in [1.165, 1.54) is 0 Å². The fraction of sp³-hybridized carbons (Fsp3) is 0.429. The Hall–Kier alpha value is -1.56. The summed E-state index contributed by atoms with van der Waals surface area (Å²) in [6, 6.07) is 14.7. The number of ether oxygens (including phenoxy) is 2. The molecule has 2 aromatic rings. The van der Waals surface area contributed by atoms with Gasteiger partial charge in [-0.3, -0.25) is 0 Å². The zero-order valence-corrected chi connectivity index (χ0v) is 16.7. The van der Waals surface area contributed by atoms with Gasteiger partial charge in [0, 0.05) is 12.6 Å². The zero-order valence-electron chi connectivity index (χ0n) is 15.1. The third-order valence-corrected chi connectivity index (χ3v) is 5.40. The van der Waals surface area contributed by atoms with Gasteiger partial charge in [0.15, 0.2) is 11.5 Å². The van der Waals surface area contributed by atoms with Gasteiger partial charge in [-0.15, -0.1) is 0 Å². The summed E-state index contributed by atoms with van der Waals surface area (Å²) in [7, 11) is 1.66. The molecule has 140 valence electrons. The van der Waals surface area contributed by atoms with Crippen molar-refractivity contribution in [2.45, 2.75) is 51.0 Å². The molecule has 0 amide bonds. The van der Waals surface area contributed by atoms with Crippen molar-refractivity contribution >= 4 is 15.9 Å². The Balaban J connectivity index is 1.62. The number of methoxy groups -OCH3 is 1. The van der Waals surface area contributed by atoms with Crippen LogP contribution in [0, 0.1) is 0 Å². The van der Waals surface area contributed by atoms with Crippen molar-refractivity contribution in [1.82, 2.24) is 5.32 Å². The van der Waals surface area contributed by atoms with Crippen LogP contribution in [0.15, 0.2) is 46.9 Å². The van der Waals surface area contributed by atoms with E-state index in [0.29, 0.717) is 12.6 Å². The van der Waals surface area contributed by atoms with Crippen LogP contribution in [0.5, 0.6) is 11.5 Å². The summed E-state index contributed by atoms with van der Waals surface area (Å²) in [5, 5.41) is 13.2. The van der Waals surface area contributed by atoms with Crippen molar-refractivity contribution < 1.29 is 14.6 Å².